The number of hydrogen-bond donors (Lipinski definition) is 0. The van der Waals surface area contributed by atoms with E-state index < -0.39 is 0 Å². The Morgan fingerprint density at radius 2 is 0.646 bits per heavy atom. The minimum absolute atomic E-state index is 0. The van der Waals surface area contributed by atoms with Crippen LogP contribution < -0.4 is 16.7 Å². The van der Waals surface area contributed by atoms with Gasteiger partial charge in [0.2, 0.25) is 0 Å². The van der Waals surface area contributed by atoms with Crippen LogP contribution in [0.2, 0.25) is 0 Å². The Balaban J connectivity index is 0.000000143. The molecule has 3 atom stereocenters. The van der Waals surface area contributed by atoms with Crippen molar-refractivity contribution in [3.63, 3.8) is 0 Å². The van der Waals surface area contributed by atoms with Gasteiger partial charge in [-0.3, -0.25) is 28.1 Å². The number of nitrogens with zero attached hydrogens (tertiary/aromatic N) is 6. The molecule has 0 N–H and O–H groups in total. The van der Waals surface area contributed by atoms with Gasteiger partial charge < -0.3 is 14.2 Å². The summed E-state index contributed by atoms with van der Waals surface area (Å²) < 4.78 is 60.4. The molecule has 0 aliphatic carbocycles. The van der Waals surface area contributed by atoms with Gasteiger partial charge in [0, 0.05) is 53.2 Å². The SMILES string of the molecule is C.O=c1c2ccc(C#Cc3ccc(F)cc3)cc2ncn1CC1CCCO1.O=c1c2ccc(C#Cc3ccc(F)cc3)cc2ncn1CC1CCCO1.O=c1c2ccc(C#Cc3ccc(F)cc3)cc2ncn1CC1CCCO1. The summed E-state index contributed by atoms with van der Waals surface area (Å²) in [5, 5.41) is 1.70. The van der Waals surface area contributed by atoms with Crippen LogP contribution in [0.5, 0.6) is 0 Å². The first kappa shape index (κ1) is 54.9. The molecule has 0 radical (unpaired) electrons. The predicted octanol–water partition coefficient (Wildman–Crippen LogP) is 9.98. The molecule has 3 aliphatic heterocycles. The van der Waals surface area contributed by atoms with E-state index in [4.69, 9.17) is 14.2 Å². The Bertz CT molecular complexity index is 3580. The molecule has 0 spiro atoms. The van der Waals surface area contributed by atoms with Crippen molar-refractivity contribution in [2.75, 3.05) is 19.8 Å². The van der Waals surface area contributed by atoms with Crippen LogP contribution in [0.15, 0.2) is 161 Å². The lowest BCUT2D eigenvalue weighted by Crippen LogP contribution is -2.26. The van der Waals surface area contributed by atoms with Crippen LogP contribution in [0.3, 0.4) is 0 Å². The van der Waals surface area contributed by atoms with Crippen molar-refractivity contribution in [1.29, 1.82) is 0 Å². The molecule has 0 saturated carbocycles. The van der Waals surface area contributed by atoms with Gasteiger partial charge in [0.05, 0.1) is 89.6 Å². The van der Waals surface area contributed by atoms with E-state index in [1.54, 1.807) is 124 Å². The van der Waals surface area contributed by atoms with E-state index in [0.717, 1.165) is 91.7 Å². The summed E-state index contributed by atoms with van der Waals surface area (Å²) in [6, 6.07) is 34.1. The van der Waals surface area contributed by atoms with Gasteiger partial charge in [-0.15, -0.1) is 0 Å². The molecule has 398 valence electrons. The van der Waals surface area contributed by atoms with Crippen molar-refractivity contribution in [3.8, 4) is 35.5 Å². The quantitative estimate of drug-likeness (QED) is 0.149. The van der Waals surface area contributed by atoms with Crippen molar-refractivity contribution in [1.82, 2.24) is 28.7 Å². The molecule has 3 unspecified atom stereocenters. The first-order valence-electron chi connectivity index (χ1n) is 25.7. The van der Waals surface area contributed by atoms with E-state index >= 15 is 0 Å². The maximum absolute atomic E-state index is 12.9. The predicted molar refractivity (Wildman–Crippen MR) is 299 cm³/mol. The Labute approximate surface area is 454 Å². The molecular formula is C64H55F3N6O6. The highest BCUT2D eigenvalue weighted by Crippen LogP contribution is 2.18. The Hall–Kier alpha value is -8.91. The van der Waals surface area contributed by atoms with Crippen LogP contribution >= 0.6 is 0 Å². The Morgan fingerprint density at radius 1 is 0.392 bits per heavy atom. The average Bonchev–Trinajstić information content (AvgIpc) is 4.36. The number of ether oxygens (including phenoxy) is 3. The van der Waals surface area contributed by atoms with Crippen LogP contribution in [0.25, 0.3) is 32.7 Å². The van der Waals surface area contributed by atoms with Gasteiger partial charge in [-0.25, -0.2) is 28.1 Å². The highest BCUT2D eigenvalue weighted by atomic mass is 19.1. The minimum Gasteiger partial charge on any atom is -0.376 e. The van der Waals surface area contributed by atoms with Gasteiger partial charge >= 0.3 is 0 Å². The van der Waals surface area contributed by atoms with Gasteiger partial charge in [0.25, 0.3) is 16.7 Å². The number of fused-ring (bicyclic) bond motifs is 3. The molecule has 6 heterocycles. The topological polar surface area (TPSA) is 132 Å². The van der Waals surface area contributed by atoms with E-state index in [-0.39, 0.29) is 59.9 Å². The first-order chi connectivity index (χ1) is 38.1. The maximum atomic E-state index is 12.9. The number of rotatable bonds is 6. The summed E-state index contributed by atoms with van der Waals surface area (Å²) in [7, 11) is 0. The highest BCUT2D eigenvalue weighted by Gasteiger charge is 2.20. The largest absolute Gasteiger partial charge is 0.376 e. The second-order valence-electron chi connectivity index (χ2n) is 19.0. The fourth-order valence-corrected chi connectivity index (χ4v) is 9.15. The molecule has 0 bridgehead atoms. The molecule has 3 saturated heterocycles. The summed E-state index contributed by atoms with van der Waals surface area (Å²) in [4.78, 5) is 51.1. The first-order valence-corrected chi connectivity index (χ1v) is 25.7. The van der Waals surface area contributed by atoms with Crippen LogP contribution in [0.4, 0.5) is 13.2 Å². The van der Waals surface area contributed by atoms with Crippen LogP contribution in [0, 0.1) is 53.0 Å². The van der Waals surface area contributed by atoms with Crippen LogP contribution in [-0.2, 0) is 33.8 Å². The molecule has 6 aromatic carbocycles. The van der Waals surface area contributed by atoms with E-state index in [9.17, 15) is 27.6 Å². The molecule has 3 aromatic heterocycles. The Kier molecular flexibility index (Phi) is 18.0. The van der Waals surface area contributed by atoms with Crippen molar-refractivity contribution >= 4 is 32.7 Å². The molecular weight excluding hydrogens is 1010 g/mol. The zero-order valence-corrected chi connectivity index (χ0v) is 42.3. The molecule has 15 heteroatoms. The van der Waals surface area contributed by atoms with Gasteiger partial charge in [-0.1, -0.05) is 42.9 Å². The summed E-state index contributed by atoms with van der Waals surface area (Å²) in [5.74, 6) is 17.2. The third-order valence-electron chi connectivity index (χ3n) is 13.3. The third kappa shape index (κ3) is 14.4. The zero-order chi connectivity index (χ0) is 53.8. The maximum Gasteiger partial charge on any atom is 0.261 e. The lowest BCUT2D eigenvalue weighted by atomic mass is 10.1. The van der Waals surface area contributed by atoms with Crippen LogP contribution in [-0.4, -0.2) is 66.8 Å². The summed E-state index contributed by atoms with van der Waals surface area (Å²) in [6.07, 6.45) is 11.0. The number of aromatic nitrogens is 6. The van der Waals surface area contributed by atoms with Crippen molar-refractivity contribution in [2.45, 2.75) is 83.9 Å². The smallest absolute Gasteiger partial charge is 0.261 e. The number of benzene rings is 6. The summed E-state index contributed by atoms with van der Waals surface area (Å²) >= 11 is 0. The van der Waals surface area contributed by atoms with Gasteiger partial charge in [0.15, 0.2) is 0 Å². The second kappa shape index (κ2) is 26.0. The fraction of sp³-hybridized carbons (Fsp3) is 0.250. The Morgan fingerprint density at radius 3 is 0.899 bits per heavy atom. The normalized spacial score (nSPS) is 16.2. The van der Waals surface area contributed by atoms with E-state index in [2.05, 4.69) is 50.5 Å². The van der Waals surface area contributed by atoms with Crippen LogP contribution in [0.1, 0.15) is 79.3 Å². The minimum atomic E-state index is -0.287. The number of halogens is 3. The summed E-state index contributed by atoms with van der Waals surface area (Å²) in [5.41, 5.74) is 6.10. The van der Waals surface area contributed by atoms with Gasteiger partial charge in [0.1, 0.15) is 17.5 Å². The molecule has 12 rings (SSSR count). The average molecular weight is 1060 g/mol. The zero-order valence-electron chi connectivity index (χ0n) is 42.3. The lowest BCUT2D eigenvalue weighted by molar-refractivity contribution is 0.0959. The summed E-state index contributed by atoms with van der Waals surface area (Å²) in [6.45, 7) is 3.89. The third-order valence-corrected chi connectivity index (χ3v) is 13.3. The standard InChI is InChI=1S/3C21H17FN2O2.CH4/c3*22-17-8-5-15(6-9-17)3-4-16-7-10-19-20(12-16)23-14-24(21(19)25)13-18-2-1-11-26-18;/h3*5-10,12,14,18H,1-2,11,13H2;1H4. The lowest BCUT2D eigenvalue weighted by Gasteiger charge is -2.11. The monoisotopic (exact) mass is 1060 g/mol. The second-order valence-corrected chi connectivity index (χ2v) is 19.0. The van der Waals surface area contributed by atoms with Crippen molar-refractivity contribution in [3.05, 3.63) is 228 Å². The molecule has 9 aromatic rings. The fourth-order valence-electron chi connectivity index (χ4n) is 9.15. The van der Waals surface area contributed by atoms with Gasteiger partial charge in [-0.2, -0.15) is 0 Å². The molecule has 3 fully saturated rings. The van der Waals surface area contributed by atoms with E-state index in [1.807, 2.05) is 0 Å². The van der Waals surface area contributed by atoms with Crippen molar-refractivity contribution < 1.29 is 27.4 Å². The molecule has 12 nitrogen and oxygen atoms in total. The highest BCUT2D eigenvalue weighted by molar-refractivity contribution is 5.80. The molecule has 0 amide bonds. The number of hydrogen-bond acceptors (Lipinski definition) is 9. The van der Waals surface area contributed by atoms with E-state index in [0.29, 0.717) is 52.3 Å². The molecule has 79 heavy (non-hydrogen) atoms. The van der Waals surface area contributed by atoms with Crippen molar-refractivity contribution in [2.24, 2.45) is 0 Å². The van der Waals surface area contributed by atoms with E-state index in [1.165, 1.54) is 36.4 Å². The molecule has 3 aliphatic rings. The van der Waals surface area contributed by atoms with Gasteiger partial charge in [-0.05, 0) is 166 Å².